The number of anilines is 2. The Hall–Kier alpha value is -3.86. The van der Waals surface area contributed by atoms with Crippen LogP contribution in [0.1, 0.15) is 58.0 Å². The molecule has 0 aromatic heterocycles. The monoisotopic (exact) mass is 428 g/mol. The molecule has 32 heavy (non-hydrogen) atoms. The Balaban J connectivity index is 1.70. The molecule has 0 saturated carbocycles. The average Bonchev–Trinajstić information content (AvgIpc) is 2.78. The van der Waals surface area contributed by atoms with Gasteiger partial charge >= 0.3 is 5.97 Å². The Bertz CT molecular complexity index is 1100. The van der Waals surface area contributed by atoms with Crippen molar-refractivity contribution in [2.45, 2.75) is 32.6 Å². The van der Waals surface area contributed by atoms with E-state index >= 15 is 0 Å². The second kappa shape index (κ2) is 11.0. The summed E-state index contributed by atoms with van der Waals surface area (Å²) < 4.78 is 5.53. The minimum absolute atomic E-state index is 0.116. The van der Waals surface area contributed by atoms with Gasteiger partial charge in [-0.3, -0.25) is 4.79 Å². The van der Waals surface area contributed by atoms with E-state index in [9.17, 15) is 9.59 Å². The molecule has 164 valence electrons. The normalized spacial score (nSPS) is 10.9. The van der Waals surface area contributed by atoms with E-state index in [-0.39, 0.29) is 11.3 Å². The van der Waals surface area contributed by atoms with E-state index in [0.717, 1.165) is 12.8 Å². The highest BCUT2D eigenvalue weighted by Crippen LogP contribution is 2.23. The summed E-state index contributed by atoms with van der Waals surface area (Å²) in [5.74, 6) is -0.349. The predicted octanol–water partition coefficient (Wildman–Crippen LogP) is 5.70. The van der Waals surface area contributed by atoms with Crippen LogP contribution in [0.4, 0.5) is 11.4 Å². The maximum Gasteiger partial charge on any atom is 0.343 e. The Labute approximate surface area is 188 Å². The van der Waals surface area contributed by atoms with Crippen LogP contribution in [-0.4, -0.2) is 11.8 Å². The van der Waals surface area contributed by atoms with Crippen LogP contribution in [0.3, 0.4) is 0 Å². The molecule has 0 aliphatic carbocycles. The van der Waals surface area contributed by atoms with Crippen LogP contribution in [0.5, 0.6) is 5.75 Å². The minimum atomic E-state index is -0.574. The topological polar surface area (TPSA) is 95.4 Å². The van der Waals surface area contributed by atoms with Crippen molar-refractivity contribution in [3.8, 4) is 5.75 Å². The lowest BCUT2D eigenvalue weighted by molar-refractivity contribution is 0.0734. The smallest absolute Gasteiger partial charge is 0.343 e. The molecule has 0 aliphatic heterocycles. The van der Waals surface area contributed by atoms with Crippen molar-refractivity contribution in [2.24, 2.45) is 0 Å². The molecule has 3 aromatic carbocycles. The van der Waals surface area contributed by atoms with Crippen LogP contribution in [0.2, 0.25) is 0 Å². The molecule has 0 amide bonds. The molecule has 0 bridgehead atoms. The molecular weight excluding hydrogens is 400 g/mol. The van der Waals surface area contributed by atoms with Gasteiger partial charge in [0.05, 0.1) is 5.56 Å². The predicted molar refractivity (Wildman–Crippen MR) is 130 cm³/mol. The SMILES string of the molecule is CCCCCc1ccc(C(=O)C=Cc2ccccc2OC(=O)c2cc(N)cc(N)c2)cc1. The third-order valence-corrected chi connectivity index (χ3v) is 5.06. The van der Waals surface area contributed by atoms with Gasteiger partial charge in [-0.15, -0.1) is 0 Å². The van der Waals surface area contributed by atoms with Crippen LogP contribution in [0, 0.1) is 0 Å². The molecule has 5 nitrogen and oxygen atoms in total. The second-order valence-electron chi connectivity index (χ2n) is 7.67. The quantitative estimate of drug-likeness (QED) is 0.114. The first-order valence-corrected chi connectivity index (χ1v) is 10.7. The summed E-state index contributed by atoms with van der Waals surface area (Å²) in [7, 11) is 0. The number of nitrogen functional groups attached to an aromatic ring is 2. The number of para-hydroxylation sites is 1. The van der Waals surface area contributed by atoms with Gasteiger partial charge in [0.2, 0.25) is 0 Å². The zero-order valence-corrected chi connectivity index (χ0v) is 18.2. The molecular formula is C27H28N2O3. The first kappa shape index (κ1) is 22.8. The van der Waals surface area contributed by atoms with Crippen molar-refractivity contribution in [3.63, 3.8) is 0 Å². The number of unbranched alkanes of at least 4 members (excludes halogenated alkanes) is 2. The van der Waals surface area contributed by atoms with Gasteiger partial charge in [-0.1, -0.05) is 62.2 Å². The Kier molecular flexibility index (Phi) is 7.81. The fourth-order valence-corrected chi connectivity index (χ4v) is 3.34. The molecule has 0 saturated heterocycles. The van der Waals surface area contributed by atoms with Crippen molar-refractivity contribution in [1.82, 2.24) is 0 Å². The lowest BCUT2D eigenvalue weighted by Crippen LogP contribution is -2.10. The standard InChI is InChI=1S/C27H28N2O3/c1-2-3-4-7-19-10-12-20(13-11-19)25(30)15-14-21-8-5-6-9-26(21)32-27(31)22-16-23(28)18-24(29)17-22/h5-6,8-18H,2-4,7,28-29H2,1H3. The van der Waals surface area contributed by atoms with Gasteiger partial charge in [0.15, 0.2) is 5.78 Å². The molecule has 0 atom stereocenters. The first-order valence-electron chi connectivity index (χ1n) is 10.7. The molecule has 3 rings (SSSR count). The lowest BCUT2D eigenvalue weighted by Gasteiger charge is -2.08. The number of carbonyl (C=O) groups excluding carboxylic acids is 2. The maximum atomic E-state index is 12.6. The highest BCUT2D eigenvalue weighted by molar-refractivity contribution is 6.07. The summed E-state index contributed by atoms with van der Waals surface area (Å²) in [6.45, 7) is 2.18. The van der Waals surface area contributed by atoms with Crippen molar-refractivity contribution in [2.75, 3.05) is 11.5 Å². The maximum absolute atomic E-state index is 12.6. The summed E-state index contributed by atoms with van der Waals surface area (Å²) in [6.07, 6.45) is 7.70. The van der Waals surface area contributed by atoms with E-state index < -0.39 is 5.97 Å². The number of esters is 1. The van der Waals surface area contributed by atoms with Crippen molar-refractivity contribution in [3.05, 3.63) is 95.1 Å². The molecule has 0 unspecified atom stereocenters. The zero-order valence-electron chi connectivity index (χ0n) is 18.2. The number of aryl methyl sites for hydroxylation is 1. The van der Waals surface area contributed by atoms with Crippen LogP contribution >= 0.6 is 0 Å². The van der Waals surface area contributed by atoms with E-state index in [1.165, 1.54) is 36.6 Å². The van der Waals surface area contributed by atoms with Gasteiger partial charge in [0.1, 0.15) is 5.75 Å². The fourth-order valence-electron chi connectivity index (χ4n) is 3.34. The summed E-state index contributed by atoms with van der Waals surface area (Å²) in [6, 6.07) is 19.3. The fraction of sp³-hybridized carbons (Fsp3) is 0.185. The number of hydrogen-bond donors (Lipinski definition) is 2. The number of carbonyl (C=O) groups is 2. The van der Waals surface area contributed by atoms with Crippen LogP contribution in [-0.2, 0) is 6.42 Å². The Morgan fingerprint density at radius 3 is 2.25 bits per heavy atom. The largest absolute Gasteiger partial charge is 0.422 e. The third kappa shape index (κ3) is 6.32. The second-order valence-corrected chi connectivity index (χ2v) is 7.67. The van der Waals surface area contributed by atoms with Gasteiger partial charge in [-0.05, 0) is 54.8 Å². The number of ketones is 1. The number of allylic oxidation sites excluding steroid dienone is 1. The lowest BCUT2D eigenvalue weighted by atomic mass is 10.0. The minimum Gasteiger partial charge on any atom is -0.422 e. The average molecular weight is 429 g/mol. The summed E-state index contributed by atoms with van der Waals surface area (Å²) in [4.78, 5) is 25.1. The number of nitrogens with two attached hydrogens (primary N) is 2. The first-order chi connectivity index (χ1) is 15.5. The van der Waals surface area contributed by atoms with Gasteiger partial charge in [-0.2, -0.15) is 0 Å². The number of ether oxygens (including phenoxy) is 1. The van der Waals surface area contributed by atoms with E-state index in [1.807, 2.05) is 30.3 Å². The molecule has 0 aliphatic rings. The molecule has 0 heterocycles. The third-order valence-electron chi connectivity index (χ3n) is 5.06. The van der Waals surface area contributed by atoms with Crippen LogP contribution < -0.4 is 16.2 Å². The van der Waals surface area contributed by atoms with E-state index in [1.54, 1.807) is 30.3 Å². The Morgan fingerprint density at radius 2 is 1.56 bits per heavy atom. The van der Waals surface area contributed by atoms with E-state index in [4.69, 9.17) is 16.2 Å². The zero-order chi connectivity index (χ0) is 22.9. The summed E-state index contributed by atoms with van der Waals surface area (Å²) >= 11 is 0. The highest BCUT2D eigenvalue weighted by Gasteiger charge is 2.12. The molecule has 5 heteroatoms. The highest BCUT2D eigenvalue weighted by atomic mass is 16.5. The van der Waals surface area contributed by atoms with Crippen molar-refractivity contribution < 1.29 is 14.3 Å². The van der Waals surface area contributed by atoms with Gasteiger partial charge < -0.3 is 16.2 Å². The van der Waals surface area contributed by atoms with Gasteiger partial charge in [0, 0.05) is 22.5 Å². The number of hydrogen-bond acceptors (Lipinski definition) is 5. The number of benzene rings is 3. The molecule has 0 radical (unpaired) electrons. The molecule has 0 fully saturated rings. The van der Waals surface area contributed by atoms with Crippen molar-refractivity contribution >= 4 is 29.2 Å². The molecule has 4 N–H and O–H groups in total. The van der Waals surface area contributed by atoms with E-state index in [0.29, 0.717) is 28.3 Å². The number of rotatable bonds is 9. The summed E-state index contributed by atoms with van der Waals surface area (Å²) in [5.41, 5.74) is 15.0. The van der Waals surface area contributed by atoms with Crippen LogP contribution in [0.15, 0.2) is 72.8 Å². The summed E-state index contributed by atoms with van der Waals surface area (Å²) in [5, 5.41) is 0. The van der Waals surface area contributed by atoms with E-state index in [2.05, 4.69) is 6.92 Å². The van der Waals surface area contributed by atoms with Gasteiger partial charge in [0.25, 0.3) is 0 Å². The van der Waals surface area contributed by atoms with Crippen LogP contribution in [0.25, 0.3) is 6.08 Å². The molecule has 0 spiro atoms. The van der Waals surface area contributed by atoms with Crippen molar-refractivity contribution in [1.29, 1.82) is 0 Å². The molecule has 3 aromatic rings. The Morgan fingerprint density at radius 1 is 0.875 bits per heavy atom. The van der Waals surface area contributed by atoms with Gasteiger partial charge in [-0.25, -0.2) is 4.79 Å².